The van der Waals surface area contributed by atoms with Gasteiger partial charge in [0, 0.05) is 16.7 Å². The third-order valence-electron chi connectivity index (χ3n) is 11.2. The fraction of sp³-hybridized carbons (Fsp3) is 0. The van der Waals surface area contributed by atoms with Crippen LogP contribution in [0.5, 0.6) is 0 Å². The molecule has 0 fully saturated rings. The summed E-state index contributed by atoms with van der Waals surface area (Å²) in [5.74, 6) is 0.708. The van der Waals surface area contributed by atoms with E-state index >= 15 is 0 Å². The van der Waals surface area contributed by atoms with Crippen LogP contribution in [0.3, 0.4) is 0 Å². The monoisotopic (exact) mass is 710 g/mol. The van der Waals surface area contributed by atoms with E-state index in [0.29, 0.717) is 5.82 Å². The summed E-state index contributed by atoms with van der Waals surface area (Å²) in [5, 5.41) is 12.3. The number of rotatable bonds is 5. The molecule has 0 saturated carbocycles. The molecule has 0 saturated heterocycles. The van der Waals surface area contributed by atoms with Gasteiger partial charge in [0.15, 0.2) is 5.82 Å². The molecule has 11 aromatic rings. The maximum Gasteiger partial charge on any atom is 0.160 e. The Morgan fingerprint density at radius 3 is 1.48 bits per heavy atom. The van der Waals surface area contributed by atoms with Crippen LogP contribution in [0.2, 0.25) is 0 Å². The van der Waals surface area contributed by atoms with Crippen molar-refractivity contribution in [2.75, 3.05) is 0 Å². The molecule has 0 atom stereocenters. The molecule has 2 nitrogen and oxygen atoms in total. The van der Waals surface area contributed by atoms with E-state index in [4.69, 9.17) is 9.97 Å². The van der Waals surface area contributed by atoms with Gasteiger partial charge in [0.1, 0.15) is 0 Å². The van der Waals surface area contributed by atoms with E-state index in [1.165, 1.54) is 76.1 Å². The molecule has 0 aliphatic carbocycles. The normalized spacial score (nSPS) is 11.6. The molecule has 0 unspecified atom stereocenters. The Kier molecular flexibility index (Phi) is 7.53. The van der Waals surface area contributed by atoms with Crippen LogP contribution in [-0.2, 0) is 0 Å². The van der Waals surface area contributed by atoms with Crippen molar-refractivity contribution in [3.8, 4) is 56.2 Å². The number of nitrogens with zero attached hydrogens (tertiary/aromatic N) is 2. The zero-order chi connectivity index (χ0) is 37.0. The molecule has 0 amide bonds. The Bertz CT molecular complexity index is 3280. The van der Waals surface area contributed by atoms with Gasteiger partial charge in [-0.25, -0.2) is 9.97 Å². The molecule has 0 radical (unpaired) electrons. The molecule has 10 aromatic carbocycles. The first-order chi connectivity index (χ1) is 27.8. The van der Waals surface area contributed by atoms with Gasteiger partial charge in [-0.15, -0.1) is 0 Å². The van der Waals surface area contributed by atoms with Crippen molar-refractivity contribution < 1.29 is 0 Å². The van der Waals surface area contributed by atoms with Crippen molar-refractivity contribution >= 4 is 53.9 Å². The Morgan fingerprint density at radius 1 is 0.268 bits per heavy atom. The minimum Gasteiger partial charge on any atom is -0.228 e. The molecule has 0 N–H and O–H groups in total. The van der Waals surface area contributed by atoms with Crippen LogP contribution in [0.25, 0.3) is 110 Å². The lowest BCUT2D eigenvalue weighted by Crippen LogP contribution is -1.97. The first kappa shape index (κ1) is 32.0. The number of benzene rings is 10. The van der Waals surface area contributed by atoms with E-state index in [9.17, 15) is 0 Å². The fourth-order valence-corrected chi connectivity index (χ4v) is 8.69. The molecule has 260 valence electrons. The van der Waals surface area contributed by atoms with Gasteiger partial charge in [-0.05, 0) is 82.2 Å². The summed E-state index contributed by atoms with van der Waals surface area (Å²) in [6, 6.07) is 74.0. The van der Waals surface area contributed by atoms with Gasteiger partial charge in [-0.2, -0.15) is 0 Å². The van der Waals surface area contributed by atoms with Crippen LogP contribution in [0, 0.1) is 0 Å². The van der Waals surface area contributed by atoms with Crippen molar-refractivity contribution in [3.05, 3.63) is 206 Å². The summed E-state index contributed by atoms with van der Waals surface area (Å²) >= 11 is 0. The standard InChI is InChI=1S/C54H34N2/c1-3-16-38(17-4-1)52-45-24-12-11-23-44(45)51(47-33-32-36-15-8-10-22-43(36)53(47)52)40-30-27-37(28-31-40)48-34-49(56-54(55-48)41-18-5-2-6-19-41)46-25-13-20-39-29-26-35-14-7-9-21-42(35)50(39)46/h1-34H. The minimum absolute atomic E-state index is 0.708. The van der Waals surface area contributed by atoms with Crippen molar-refractivity contribution in [2.45, 2.75) is 0 Å². The van der Waals surface area contributed by atoms with Crippen LogP contribution in [0.15, 0.2) is 206 Å². The van der Waals surface area contributed by atoms with Crippen molar-refractivity contribution in [2.24, 2.45) is 0 Å². The summed E-state index contributed by atoms with van der Waals surface area (Å²) in [5.41, 5.74) is 9.82. The van der Waals surface area contributed by atoms with Gasteiger partial charge < -0.3 is 0 Å². The zero-order valence-electron chi connectivity index (χ0n) is 30.5. The van der Waals surface area contributed by atoms with Gasteiger partial charge >= 0.3 is 0 Å². The first-order valence-corrected chi connectivity index (χ1v) is 19.2. The SMILES string of the molecule is c1ccc(-c2nc(-c3ccc(-c4c5ccccc5c(-c5ccccc5)c5c4ccc4ccccc45)cc3)cc(-c3cccc4ccc5ccccc5c34)n2)cc1. The molecule has 1 aromatic heterocycles. The molecule has 0 spiro atoms. The van der Waals surface area contributed by atoms with Gasteiger partial charge in [0.25, 0.3) is 0 Å². The predicted molar refractivity (Wildman–Crippen MR) is 237 cm³/mol. The molecule has 1 heterocycles. The van der Waals surface area contributed by atoms with E-state index in [1.807, 2.05) is 18.2 Å². The molecule has 0 aliphatic rings. The second-order valence-corrected chi connectivity index (χ2v) is 14.5. The highest BCUT2D eigenvalue weighted by molar-refractivity contribution is 6.28. The van der Waals surface area contributed by atoms with Crippen LogP contribution < -0.4 is 0 Å². The Morgan fingerprint density at radius 2 is 0.768 bits per heavy atom. The van der Waals surface area contributed by atoms with E-state index in [1.54, 1.807) is 0 Å². The second kappa shape index (κ2) is 13.2. The summed E-state index contributed by atoms with van der Waals surface area (Å²) in [6.07, 6.45) is 0. The number of hydrogen-bond donors (Lipinski definition) is 0. The molecule has 11 rings (SSSR count). The van der Waals surface area contributed by atoms with Crippen molar-refractivity contribution in [1.82, 2.24) is 9.97 Å². The van der Waals surface area contributed by atoms with Crippen LogP contribution in [0.4, 0.5) is 0 Å². The third kappa shape index (κ3) is 5.26. The average Bonchev–Trinajstić information content (AvgIpc) is 3.28. The molecular formula is C54H34N2. The summed E-state index contributed by atoms with van der Waals surface area (Å²) < 4.78 is 0. The Hall–Kier alpha value is -7.42. The Balaban J connectivity index is 1.12. The first-order valence-electron chi connectivity index (χ1n) is 19.2. The zero-order valence-corrected chi connectivity index (χ0v) is 30.5. The van der Waals surface area contributed by atoms with Gasteiger partial charge in [0.05, 0.1) is 11.4 Å². The number of hydrogen-bond acceptors (Lipinski definition) is 2. The van der Waals surface area contributed by atoms with Gasteiger partial charge in [-0.3, -0.25) is 0 Å². The van der Waals surface area contributed by atoms with Crippen LogP contribution >= 0.6 is 0 Å². The quantitative estimate of drug-likeness (QED) is 0.131. The lowest BCUT2D eigenvalue weighted by atomic mass is 9.84. The molecule has 56 heavy (non-hydrogen) atoms. The summed E-state index contributed by atoms with van der Waals surface area (Å²) in [7, 11) is 0. The smallest absolute Gasteiger partial charge is 0.160 e. The molecular weight excluding hydrogens is 677 g/mol. The molecule has 2 heteroatoms. The fourth-order valence-electron chi connectivity index (χ4n) is 8.69. The lowest BCUT2D eigenvalue weighted by molar-refractivity contribution is 1.19. The maximum absolute atomic E-state index is 5.24. The lowest BCUT2D eigenvalue weighted by Gasteiger charge is -2.19. The van der Waals surface area contributed by atoms with Gasteiger partial charge in [0.2, 0.25) is 0 Å². The van der Waals surface area contributed by atoms with Crippen molar-refractivity contribution in [1.29, 1.82) is 0 Å². The molecule has 0 bridgehead atoms. The van der Waals surface area contributed by atoms with E-state index in [2.05, 4.69) is 188 Å². The predicted octanol–water partition coefficient (Wildman–Crippen LogP) is 14.6. The highest BCUT2D eigenvalue weighted by Gasteiger charge is 2.19. The highest BCUT2D eigenvalue weighted by atomic mass is 14.9. The summed E-state index contributed by atoms with van der Waals surface area (Å²) in [6.45, 7) is 0. The topological polar surface area (TPSA) is 25.8 Å². The van der Waals surface area contributed by atoms with Crippen LogP contribution in [0.1, 0.15) is 0 Å². The van der Waals surface area contributed by atoms with Gasteiger partial charge in [-0.1, -0.05) is 200 Å². The number of fused-ring (bicyclic) bond motifs is 7. The number of aromatic nitrogens is 2. The van der Waals surface area contributed by atoms with E-state index < -0.39 is 0 Å². The van der Waals surface area contributed by atoms with Crippen LogP contribution in [-0.4, -0.2) is 9.97 Å². The second-order valence-electron chi connectivity index (χ2n) is 14.5. The van der Waals surface area contributed by atoms with E-state index in [0.717, 1.165) is 28.1 Å². The van der Waals surface area contributed by atoms with E-state index in [-0.39, 0.29) is 0 Å². The highest BCUT2D eigenvalue weighted by Crippen LogP contribution is 2.46. The maximum atomic E-state index is 5.24. The van der Waals surface area contributed by atoms with Crippen molar-refractivity contribution in [3.63, 3.8) is 0 Å². The third-order valence-corrected chi connectivity index (χ3v) is 11.2. The molecule has 0 aliphatic heterocycles. The minimum atomic E-state index is 0.708. The average molecular weight is 711 g/mol. The largest absolute Gasteiger partial charge is 0.228 e. The summed E-state index contributed by atoms with van der Waals surface area (Å²) in [4.78, 5) is 10.4. The Labute approximate surface area is 325 Å².